The smallest absolute Gasteiger partial charge is 0.187 e. The summed E-state index contributed by atoms with van der Waals surface area (Å²) in [6.45, 7) is 3.44. The van der Waals surface area contributed by atoms with Crippen molar-refractivity contribution in [3.63, 3.8) is 0 Å². The van der Waals surface area contributed by atoms with Gasteiger partial charge in [0, 0.05) is 6.42 Å². The molecule has 1 aliphatic heterocycles. The molecule has 0 bridgehead atoms. The van der Waals surface area contributed by atoms with E-state index in [0.717, 1.165) is 0 Å². The van der Waals surface area contributed by atoms with Crippen LogP contribution in [0, 0.1) is 0 Å². The van der Waals surface area contributed by atoms with Gasteiger partial charge in [0.25, 0.3) is 0 Å². The van der Waals surface area contributed by atoms with Gasteiger partial charge in [0.05, 0.1) is 24.4 Å². The minimum Gasteiger partial charge on any atom is -0.394 e. The average Bonchev–Trinajstić information content (AvgIpc) is 2.51. The van der Waals surface area contributed by atoms with Gasteiger partial charge in [-0.25, -0.2) is 0 Å². The van der Waals surface area contributed by atoms with Crippen LogP contribution in [0.3, 0.4) is 0 Å². The van der Waals surface area contributed by atoms with Crippen molar-refractivity contribution in [2.75, 3.05) is 6.61 Å². The maximum atomic E-state index is 10.3. The number of hydrogen-bond acceptors (Lipinski definition) is 10. The molecular weight excluding hydrogens is 340 g/mol. The molecule has 0 radical (unpaired) electrons. The number of aliphatic hydroxyl groups is 8. The van der Waals surface area contributed by atoms with Crippen LogP contribution in [-0.2, 0) is 9.47 Å². The number of aliphatic hydroxyl groups excluding tert-OH is 7. The lowest BCUT2D eigenvalue weighted by molar-refractivity contribution is -0.321. The highest BCUT2D eigenvalue weighted by Crippen LogP contribution is 2.26. The van der Waals surface area contributed by atoms with Crippen LogP contribution in [-0.4, -0.2) is 108 Å². The molecule has 150 valence electrons. The zero-order valence-corrected chi connectivity index (χ0v) is 14.5. The van der Waals surface area contributed by atoms with E-state index in [2.05, 4.69) is 0 Å². The van der Waals surface area contributed by atoms with Crippen molar-refractivity contribution in [1.29, 1.82) is 0 Å². The predicted octanol–water partition coefficient (Wildman–Crippen LogP) is -3.56. The largest absolute Gasteiger partial charge is 0.394 e. The van der Waals surface area contributed by atoms with Gasteiger partial charge in [-0.05, 0) is 20.8 Å². The predicted molar refractivity (Wildman–Crippen MR) is 83.2 cm³/mol. The van der Waals surface area contributed by atoms with Crippen LogP contribution in [0.5, 0.6) is 0 Å². The van der Waals surface area contributed by atoms with E-state index in [1.807, 2.05) is 0 Å². The molecule has 1 heterocycles. The number of rotatable bonds is 8. The Balaban J connectivity index is 2.95. The Bertz CT molecular complexity index is 400. The van der Waals surface area contributed by atoms with Crippen molar-refractivity contribution in [2.24, 2.45) is 0 Å². The van der Waals surface area contributed by atoms with E-state index in [4.69, 9.17) is 14.6 Å². The third-order valence-corrected chi connectivity index (χ3v) is 4.11. The Hall–Kier alpha value is -0.400. The summed E-state index contributed by atoms with van der Waals surface area (Å²) < 4.78 is 10.6. The number of ether oxygens (including phenoxy) is 2. The molecule has 1 fully saturated rings. The first kappa shape index (κ1) is 22.6. The molecule has 10 nitrogen and oxygen atoms in total. The lowest BCUT2D eigenvalue weighted by Crippen LogP contribution is -2.60. The summed E-state index contributed by atoms with van der Waals surface area (Å²) in [7, 11) is 0. The SMILES string of the molecule is C[C@@H]1O[C@@H](O[C@@H]([C@@H](O)[C@H](O)CO)[C@@H](O)CC(C)(C)O)[C@@H](O)[C@H](O)[C@@H]1O. The molecular formula is C15H30O10. The van der Waals surface area contributed by atoms with Gasteiger partial charge in [-0.3, -0.25) is 0 Å². The molecule has 25 heavy (non-hydrogen) atoms. The van der Waals surface area contributed by atoms with Crippen molar-refractivity contribution in [3.05, 3.63) is 0 Å². The van der Waals surface area contributed by atoms with Crippen LogP contribution in [0.4, 0.5) is 0 Å². The van der Waals surface area contributed by atoms with E-state index in [0.29, 0.717) is 0 Å². The van der Waals surface area contributed by atoms with Gasteiger partial charge in [0.1, 0.15) is 36.6 Å². The summed E-state index contributed by atoms with van der Waals surface area (Å²) in [6.07, 6.45) is -13.8. The Morgan fingerprint density at radius 2 is 1.56 bits per heavy atom. The van der Waals surface area contributed by atoms with Gasteiger partial charge in [-0.1, -0.05) is 0 Å². The fourth-order valence-electron chi connectivity index (χ4n) is 2.63. The van der Waals surface area contributed by atoms with Gasteiger partial charge in [0.2, 0.25) is 0 Å². The third-order valence-electron chi connectivity index (χ3n) is 4.11. The quantitative estimate of drug-likeness (QED) is 0.213. The van der Waals surface area contributed by atoms with Gasteiger partial charge in [-0.15, -0.1) is 0 Å². The highest BCUT2D eigenvalue weighted by molar-refractivity contribution is 4.91. The fraction of sp³-hybridized carbons (Fsp3) is 1.00. The molecule has 10 heteroatoms. The summed E-state index contributed by atoms with van der Waals surface area (Å²) in [4.78, 5) is 0. The topological polar surface area (TPSA) is 180 Å². The van der Waals surface area contributed by atoms with E-state index in [-0.39, 0.29) is 6.42 Å². The monoisotopic (exact) mass is 370 g/mol. The first-order chi connectivity index (χ1) is 11.4. The Kier molecular flexibility index (Phi) is 8.15. The second-order valence-corrected chi connectivity index (χ2v) is 7.11. The molecule has 8 N–H and O–H groups in total. The fourth-order valence-corrected chi connectivity index (χ4v) is 2.63. The van der Waals surface area contributed by atoms with Crippen molar-refractivity contribution in [3.8, 4) is 0 Å². The van der Waals surface area contributed by atoms with Gasteiger partial charge < -0.3 is 50.3 Å². The maximum Gasteiger partial charge on any atom is 0.187 e. The Morgan fingerprint density at radius 1 is 1.00 bits per heavy atom. The first-order valence-corrected chi connectivity index (χ1v) is 8.11. The zero-order chi connectivity index (χ0) is 19.5. The summed E-state index contributed by atoms with van der Waals surface area (Å²) in [5, 5.41) is 78.3. The van der Waals surface area contributed by atoms with Crippen molar-refractivity contribution in [1.82, 2.24) is 0 Å². The van der Waals surface area contributed by atoms with E-state index >= 15 is 0 Å². The van der Waals surface area contributed by atoms with E-state index in [9.17, 15) is 35.7 Å². The van der Waals surface area contributed by atoms with Crippen LogP contribution in [0.1, 0.15) is 27.2 Å². The molecule has 1 rings (SSSR count). The second kappa shape index (κ2) is 9.00. The van der Waals surface area contributed by atoms with Crippen LogP contribution in [0.25, 0.3) is 0 Å². The van der Waals surface area contributed by atoms with E-state index < -0.39 is 67.3 Å². The minimum absolute atomic E-state index is 0.254. The Morgan fingerprint density at radius 3 is 2.04 bits per heavy atom. The van der Waals surface area contributed by atoms with Crippen molar-refractivity contribution in [2.45, 2.75) is 87.9 Å². The maximum absolute atomic E-state index is 10.3. The molecule has 1 aliphatic rings. The van der Waals surface area contributed by atoms with Gasteiger partial charge >= 0.3 is 0 Å². The lowest BCUT2D eigenvalue weighted by Gasteiger charge is -2.42. The summed E-state index contributed by atoms with van der Waals surface area (Å²) >= 11 is 0. The average molecular weight is 370 g/mol. The van der Waals surface area contributed by atoms with Crippen LogP contribution in [0.2, 0.25) is 0 Å². The highest BCUT2D eigenvalue weighted by atomic mass is 16.7. The molecule has 0 aromatic rings. The highest BCUT2D eigenvalue weighted by Gasteiger charge is 2.46. The molecule has 0 unspecified atom stereocenters. The summed E-state index contributed by atoms with van der Waals surface area (Å²) in [5.41, 5.74) is -1.33. The van der Waals surface area contributed by atoms with Crippen LogP contribution >= 0.6 is 0 Å². The summed E-state index contributed by atoms with van der Waals surface area (Å²) in [5.74, 6) is 0. The minimum atomic E-state index is -1.77. The lowest BCUT2D eigenvalue weighted by atomic mass is 9.93. The van der Waals surface area contributed by atoms with Crippen molar-refractivity contribution < 1.29 is 50.3 Å². The molecule has 0 amide bonds. The van der Waals surface area contributed by atoms with Gasteiger partial charge in [0.15, 0.2) is 6.29 Å². The van der Waals surface area contributed by atoms with Gasteiger partial charge in [-0.2, -0.15) is 0 Å². The zero-order valence-electron chi connectivity index (χ0n) is 14.5. The molecule has 0 aromatic carbocycles. The summed E-state index contributed by atoms with van der Waals surface area (Å²) in [6, 6.07) is 0. The standard InChI is InChI=1S/C15H30O10/c1-6-9(19)11(21)12(22)14(24-6)25-13(10(20)8(18)5-16)7(17)4-15(2,3)23/h6-14,16-23H,4-5H2,1-3H3/t6-,7-,8+,9+,10-,11+,12-,13+,14-/m0/s1. The molecule has 0 saturated carbocycles. The van der Waals surface area contributed by atoms with Crippen molar-refractivity contribution >= 4 is 0 Å². The van der Waals surface area contributed by atoms with Crippen LogP contribution in [0.15, 0.2) is 0 Å². The van der Waals surface area contributed by atoms with E-state index in [1.54, 1.807) is 0 Å². The number of hydrogen-bond donors (Lipinski definition) is 8. The molecule has 1 saturated heterocycles. The molecule has 0 spiro atoms. The van der Waals surface area contributed by atoms with E-state index in [1.165, 1.54) is 20.8 Å². The van der Waals surface area contributed by atoms with Crippen LogP contribution < -0.4 is 0 Å². The molecule has 0 aromatic heterocycles. The normalized spacial score (nSPS) is 35.9. The third kappa shape index (κ3) is 6.07. The first-order valence-electron chi connectivity index (χ1n) is 8.11. The molecule has 9 atom stereocenters. The Labute approximate surface area is 145 Å². The second-order valence-electron chi connectivity index (χ2n) is 7.11. The molecule has 0 aliphatic carbocycles.